The van der Waals surface area contributed by atoms with Crippen LogP contribution >= 0.6 is 0 Å². The highest BCUT2D eigenvalue weighted by molar-refractivity contribution is 5.17. The second-order valence-electron chi connectivity index (χ2n) is 4.49. The molecule has 1 heterocycles. The van der Waals surface area contributed by atoms with Gasteiger partial charge in [-0.2, -0.15) is 0 Å². The molecule has 0 saturated heterocycles. The van der Waals surface area contributed by atoms with Crippen LogP contribution in [0.5, 0.6) is 0 Å². The number of nitrogens with one attached hydrogen (secondary N) is 1. The first-order valence-corrected chi connectivity index (χ1v) is 6.03. The molecule has 0 bridgehead atoms. The average Bonchev–Trinajstić information content (AvgIpc) is 2.23. The van der Waals surface area contributed by atoms with E-state index in [-0.39, 0.29) is 5.66 Å². The van der Waals surface area contributed by atoms with E-state index in [1.165, 1.54) is 0 Å². The van der Waals surface area contributed by atoms with Gasteiger partial charge in [0.2, 0.25) is 0 Å². The molecule has 0 fully saturated rings. The third kappa shape index (κ3) is 3.65. The van der Waals surface area contributed by atoms with E-state index in [4.69, 9.17) is 4.74 Å². The topological polar surface area (TPSA) is 24.5 Å². The van der Waals surface area contributed by atoms with Crippen LogP contribution in [0.2, 0.25) is 0 Å². The third-order valence-corrected chi connectivity index (χ3v) is 3.01. The fourth-order valence-corrected chi connectivity index (χ4v) is 1.82. The fourth-order valence-electron chi connectivity index (χ4n) is 1.82. The van der Waals surface area contributed by atoms with E-state index in [1.54, 1.807) is 0 Å². The lowest BCUT2D eigenvalue weighted by Gasteiger charge is -2.40. The molecular weight excluding hydrogens is 200 g/mol. The van der Waals surface area contributed by atoms with Crippen LogP contribution in [0.1, 0.15) is 27.2 Å². The molecule has 2 unspecified atom stereocenters. The van der Waals surface area contributed by atoms with Crippen LogP contribution in [0.3, 0.4) is 0 Å². The van der Waals surface area contributed by atoms with Crippen LogP contribution in [0, 0.1) is 0 Å². The van der Waals surface area contributed by atoms with Gasteiger partial charge in [0.25, 0.3) is 0 Å². The van der Waals surface area contributed by atoms with E-state index in [1.807, 2.05) is 13.0 Å². The monoisotopic (exact) mass is 224 g/mol. The molecule has 92 valence electrons. The van der Waals surface area contributed by atoms with Crippen molar-refractivity contribution in [2.24, 2.45) is 0 Å². The average molecular weight is 224 g/mol. The van der Waals surface area contributed by atoms with Crippen LogP contribution in [0.4, 0.5) is 0 Å². The van der Waals surface area contributed by atoms with Crippen LogP contribution in [-0.2, 0) is 4.74 Å². The van der Waals surface area contributed by atoms with Crippen molar-refractivity contribution >= 4 is 0 Å². The molecule has 1 rings (SSSR count). The van der Waals surface area contributed by atoms with E-state index in [9.17, 15) is 0 Å². The highest BCUT2D eigenvalue weighted by Gasteiger charge is 2.26. The second kappa shape index (κ2) is 6.06. The normalized spacial score (nSPS) is 26.1. The predicted octanol–water partition coefficient (Wildman–Crippen LogP) is 2.12. The minimum Gasteiger partial charge on any atom is -0.382 e. The molecule has 0 aliphatic carbocycles. The summed E-state index contributed by atoms with van der Waals surface area (Å²) < 4.78 is 5.37. The summed E-state index contributed by atoms with van der Waals surface area (Å²) >= 11 is 0. The van der Waals surface area contributed by atoms with Crippen molar-refractivity contribution < 1.29 is 4.74 Å². The van der Waals surface area contributed by atoms with E-state index >= 15 is 0 Å². The standard InChI is InChI=1S/C13H24N2O/c1-5-16-11-8-12(2)14-13(3)9-6-7-10-15(13)4/h6-7,9-10,12,14H,5,8,11H2,1-4H3. The van der Waals surface area contributed by atoms with Crippen molar-refractivity contribution in [1.82, 2.24) is 10.2 Å². The molecule has 0 spiro atoms. The SMILES string of the molecule is CCOCCC(C)NC1(C)C=CC=CN1C. The van der Waals surface area contributed by atoms with Gasteiger partial charge in [-0.3, -0.25) is 5.32 Å². The molecule has 1 aliphatic heterocycles. The number of rotatable bonds is 6. The van der Waals surface area contributed by atoms with Gasteiger partial charge in [0.1, 0.15) is 5.66 Å². The Morgan fingerprint density at radius 1 is 1.44 bits per heavy atom. The number of likely N-dealkylation sites (N-methyl/N-ethyl adjacent to an activating group) is 1. The summed E-state index contributed by atoms with van der Waals surface area (Å²) in [5, 5.41) is 3.61. The van der Waals surface area contributed by atoms with Crippen molar-refractivity contribution in [1.29, 1.82) is 0 Å². The zero-order valence-electron chi connectivity index (χ0n) is 10.9. The lowest BCUT2D eigenvalue weighted by atomic mass is 10.1. The van der Waals surface area contributed by atoms with Crippen molar-refractivity contribution in [3.63, 3.8) is 0 Å². The van der Waals surface area contributed by atoms with Crippen LogP contribution in [0.25, 0.3) is 0 Å². The van der Waals surface area contributed by atoms with E-state index in [0.717, 1.165) is 19.6 Å². The number of ether oxygens (including phenoxy) is 1. The number of allylic oxidation sites excluding steroid dienone is 2. The van der Waals surface area contributed by atoms with Crippen molar-refractivity contribution in [3.8, 4) is 0 Å². The first kappa shape index (κ1) is 13.3. The number of hydrogen-bond donors (Lipinski definition) is 1. The Morgan fingerprint density at radius 2 is 2.19 bits per heavy atom. The van der Waals surface area contributed by atoms with Gasteiger partial charge in [-0.1, -0.05) is 6.08 Å². The molecule has 1 N–H and O–H groups in total. The van der Waals surface area contributed by atoms with Crippen molar-refractivity contribution in [3.05, 3.63) is 24.4 Å². The Morgan fingerprint density at radius 3 is 2.81 bits per heavy atom. The third-order valence-electron chi connectivity index (χ3n) is 3.01. The Kier molecular flexibility index (Phi) is 5.03. The molecule has 3 nitrogen and oxygen atoms in total. The maximum absolute atomic E-state index is 5.37. The summed E-state index contributed by atoms with van der Waals surface area (Å²) in [5.41, 5.74) is -0.0830. The van der Waals surface area contributed by atoms with E-state index in [0.29, 0.717) is 6.04 Å². The quantitative estimate of drug-likeness (QED) is 0.699. The fraction of sp³-hybridized carbons (Fsp3) is 0.692. The molecule has 0 aromatic rings. The summed E-state index contributed by atoms with van der Waals surface area (Å²) in [7, 11) is 2.09. The second-order valence-corrected chi connectivity index (χ2v) is 4.49. The Balaban J connectivity index is 2.40. The Hall–Kier alpha value is -0.800. The minimum atomic E-state index is -0.0830. The highest BCUT2D eigenvalue weighted by atomic mass is 16.5. The van der Waals surface area contributed by atoms with Crippen molar-refractivity contribution in [2.45, 2.75) is 38.9 Å². The first-order valence-electron chi connectivity index (χ1n) is 6.03. The highest BCUT2D eigenvalue weighted by Crippen LogP contribution is 2.17. The smallest absolute Gasteiger partial charge is 0.107 e. The van der Waals surface area contributed by atoms with Gasteiger partial charge < -0.3 is 9.64 Å². The molecule has 0 aromatic heterocycles. The minimum absolute atomic E-state index is 0.0830. The number of hydrogen-bond acceptors (Lipinski definition) is 3. The van der Waals surface area contributed by atoms with Gasteiger partial charge in [0, 0.05) is 32.5 Å². The van der Waals surface area contributed by atoms with Crippen molar-refractivity contribution in [2.75, 3.05) is 20.3 Å². The van der Waals surface area contributed by atoms with Gasteiger partial charge in [0.05, 0.1) is 0 Å². The molecule has 0 radical (unpaired) electrons. The molecule has 2 atom stereocenters. The molecule has 0 aromatic carbocycles. The lowest BCUT2D eigenvalue weighted by Crippen LogP contribution is -2.55. The molecule has 1 aliphatic rings. The van der Waals surface area contributed by atoms with Crippen LogP contribution in [0.15, 0.2) is 24.4 Å². The summed E-state index contributed by atoms with van der Waals surface area (Å²) in [5.74, 6) is 0. The first-order chi connectivity index (χ1) is 7.58. The van der Waals surface area contributed by atoms with E-state index in [2.05, 4.69) is 49.5 Å². The Labute approximate surface area is 99.2 Å². The Bertz CT molecular complexity index is 263. The zero-order chi connectivity index (χ0) is 12.0. The molecule has 16 heavy (non-hydrogen) atoms. The summed E-state index contributed by atoms with van der Waals surface area (Å²) in [4.78, 5) is 2.18. The summed E-state index contributed by atoms with van der Waals surface area (Å²) in [6.45, 7) is 8.03. The predicted molar refractivity (Wildman–Crippen MR) is 68.2 cm³/mol. The molecular formula is C13H24N2O. The maximum Gasteiger partial charge on any atom is 0.107 e. The summed E-state index contributed by atoms with van der Waals surface area (Å²) in [6.07, 6.45) is 9.44. The summed E-state index contributed by atoms with van der Waals surface area (Å²) in [6, 6.07) is 0.440. The van der Waals surface area contributed by atoms with Crippen LogP contribution < -0.4 is 5.32 Å². The van der Waals surface area contributed by atoms with Gasteiger partial charge in [-0.15, -0.1) is 0 Å². The van der Waals surface area contributed by atoms with E-state index < -0.39 is 0 Å². The lowest BCUT2D eigenvalue weighted by molar-refractivity contribution is 0.123. The van der Waals surface area contributed by atoms with Gasteiger partial charge in [0.15, 0.2) is 0 Å². The maximum atomic E-state index is 5.37. The van der Waals surface area contributed by atoms with Crippen LogP contribution in [-0.4, -0.2) is 36.9 Å². The molecule has 0 saturated carbocycles. The largest absolute Gasteiger partial charge is 0.382 e. The molecule has 3 heteroatoms. The van der Waals surface area contributed by atoms with Gasteiger partial charge >= 0.3 is 0 Å². The zero-order valence-corrected chi connectivity index (χ0v) is 10.9. The molecule has 0 amide bonds. The van der Waals surface area contributed by atoms with Gasteiger partial charge in [-0.25, -0.2) is 0 Å². The number of nitrogens with zero attached hydrogens (tertiary/aromatic N) is 1. The van der Waals surface area contributed by atoms with Gasteiger partial charge in [-0.05, 0) is 39.3 Å².